The first-order valence-electron chi connectivity index (χ1n) is 10.2. The Morgan fingerprint density at radius 1 is 1.10 bits per heavy atom. The monoisotopic (exact) mass is 422 g/mol. The lowest BCUT2D eigenvalue weighted by molar-refractivity contribution is 0.102. The number of aromatic nitrogens is 3. The zero-order valence-corrected chi connectivity index (χ0v) is 17.9. The number of H-pyrrole nitrogens is 1. The molecular formula is C22H26N6OS. The van der Waals surface area contributed by atoms with Crippen molar-refractivity contribution in [2.24, 2.45) is 0 Å². The van der Waals surface area contributed by atoms with E-state index in [0.717, 1.165) is 60.6 Å². The molecule has 8 heteroatoms. The number of nitrogens with zero attached hydrogens (tertiary/aromatic N) is 4. The van der Waals surface area contributed by atoms with Crippen LogP contribution in [0.4, 0.5) is 11.4 Å². The van der Waals surface area contributed by atoms with Gasteiger partial charge in [-0.3, -0.25) is 9.89 Å². The zero-order valence-electron chi connectivity index (χ0n) is 17.0. The molecule has 0 saturated carbocycles. The second-order valence-corrected chi connectivity index (χ2v) is 8.13. The molecule has 1 saturated heterocycles. The van der Waals surface area contributed by atoms with Gasteiger partial charge in [-0.15, -0.1) is 0 Å². The number of anilines is 2. The van der Waals surface area contributed by atoms with E-state index in [9.17, 15) is 4.79 Å². The number of likely N-dealkylation sites (N-methyl/N-ethyl adjacent to an activating group) is 1. The van der Waals surface area contributed by atoms with Gasteiger partial charge in [0.15, 0.2) is 5.16 Å². The molecule has 7 nitrogen and oxygen atoms in total. The van der Waals surface area contributed by atoms with Crippen LogP contribution in [0.1, 0.15) is 22.8 Å². The number of rotatable bonds is 7. The Morgan fingerprint density at radius 3 is 2.57 bits per heavy atom. The first-order valence-corrected chi connectivity index (χ1v) is 11.2. The van der Waals surface area contributed by atoms with Gasteiger partial charge in [0.2, 0.25) is 0 Å². The van der Waals surface area contributed by atoms with Gasteiger partial charge in [0.05, 0.1) is 11.4 Å². The highest BCUT2D eigenvalue weighted by molar-refractivity contribution is 7.98. The van der Waals surface area contributed by atoms with Gasteiger partial charge in [-0.2, -0.15) is 5.10 Å². The summed E-state index contributed by atoms with van der Waals surface area (Å²) in [6.07, 6.45) is 1.50. The average molecular weight is 423 g/mol. The maximum absolute atomic E-state index is 12.8. The van der Waals surface area contributed by atoms with Crippen molar-refractivity contribution in [3.8, 4) is 0 Å². The molecule has 2 N–H and O–H groups in total. The smallest absolute Gasteiger partial charge is 0.255 e. The molecular weight excluding hydrogens is 396 g/mol. The highest BCUT2D eigenvalue weighted by atomic mass is 32.2. The third-order valence-corrected chi connectivity index (χ3v) is 6.24. The first-order chi connectivity index (χ1) is 14.7. The Morgan fingerprint density at radius 2 is 1.87 bits per heavy atom. The van der Waals surface area contributed by atoms with E-state index in [2.05, 4.69) is 43.3 Å². The van der Waals surface area contributed by atoms with Crippen LogP contribution in [0.2, 0.25) is 0 Å². The second kappa shape index (κ2) is 9.77. The number of piperazine rings is 1. The summed E-state index contributed by atoms with van der Waals surface area (Å²) in [7, 11) is 0. The number of nitrogens with one attached hydrogen (secondary N) is 2. The van der Waals surface area contributed by atoms with Gasteiger partial charge < -0.3 is 15.1 Å². The first kappa shape index (κ1) is 20.4. The molecule has 156 valence electrons. The fourth-order valence-electron chi connectivity index (χ4n) is 3.52. The summed E-state index contributed by atoms with van der Waals surface area (Å²) in [6, 6.07) is 15.7. The topological polar surface area (TPSA) is 77.2 Å². The molecule has 0 radical (unpaired) electrons. The van der Waals surface area contributed by atoms with E-state index in [1.54, 1.807) is 11.8 Å². The van der Waals surface area contributed by atoms with Crippen molar-refractivity contribution in [1.82, 2.24) is 20.1 Å². The molecule has 1 aliphatic rings. The number of para-hydroxylation sites is 2. The number of hydrogen-bond acceptors (Lipinski definition) is 6. The summed E-state index contributed by atoms with van der Waals surface area (Å²) in [6.45, 7) is 7.32. The van der Waals surface area contributed by atoms with Crippen LogP contribution >= 0.6 is 11.8 Å². The van der Waals surface area contributed by atoms with Crippen LogP contribution in [0.3, 0.4) is 0 Å². The highest BCUT2D eigenvalue weighted by Crippen LogP contribution is 2.27. The van der Waals surface area contributed by atoms with Crippen molar-refractivity contribution in [2.45, 2.75) is 17.8 Å². The summed E-state index contributed by atoms with van der Waals surface area (Å²) in [5, 5.41) is 10.6. The standard InChI is InChI=1S/C22H26N6OS/c1-2-27-11-13-28(14-12-27)20-6-4-3-5-19(20)25-21(29)18-9-7-17(8-10-18)15-30-22-23-16-24-26-22/h3-10,16H,2,11-15H2,1H3,(H,25,29)(H,23,24,26). The summed E-state index contributed by atoms with van der Waals surface area (Å²) in [4.78, 5) is 21.7. The Kier molecular flexibility index (Phi) is 6.66. The molecule has 3 aromatic rings. The molecule has 1 aliphatic heterocycles. The Bertz CT molecular complexity index is 952. The maximum atomic E-state index is 12.8. The van der Waals surface area contributed by atoms with Crippen LogP contribution in [-0.2, 0) is 5.75 Å². The van der Waals surface area contributed by atoms with Gasteiger partial charge in [-0.1, -0.05) is 43.0 Å². The van der Waals surface area contributed by atoms with E-state index in [4.69, 9.17) is 0 Å². The number of thioether (sulfide) groups is 1. The number of carbonyl (C=O) groups excluding carboxylic acids is 1. The summed E-state index contributed by atoms with van der Waals surface area (Å²) in [5.74, 6) is 0.674. The van der Waals surface area contributed by atoms with Crippen molar-refractivity contribution in [3.63, 3.8) is 0 Å². The molecule has 2 heterocycles. The minimum Gasteiger partial charge on any atom is -0.367 e. The number of carbonyl (C=O) groups is 1. The van der Waals surface area contributed by atoms with Gasteiger partial charge in [0, 0.05) is 37.5 Å². The van der Waals surface area contributed by atoms with Crippen molar-refractivity contribution in [3.05, 3.63) is 66.0 Å². The van der Waals surface area contributed by atoms with Crippen molar-refractivity contribution < 1.29 is 4.79 Å². The van der Waals surface area contributed by atoms with Gasteiger partial charge in [0.1, 0.15) is 6.33 Å². The Hall–Kier alpha value is -2.84. The fraction of sp³-hybridized carbons (Fsp3) is 0.318. The summed E-state index contributed by atoms with van der Waals surface area (Å²) >= 11 is 1.58. The SMILES string of the molecule is CCN1CCN(c2ccccc2NC(=O)c2ccc(CSc3ncn[nH]3)cc2)CC1. The number of hydrogen-bond donors (Lipinski definition) is 2. The van der Waals surface area contributed by atoms with Crippen molar-refractivity contribution in [2.75, 3.05) is 42.9 Å². The molecule has 0 unspecified atom stereocenters. The van der Waals surface area contributed by atoms with Gasteiger partial charge in [-0.05, 0) is 36.4 Å². The quantitative estimate of drug-likeness (QED) is 0.568. The Balaban J connectivity index is 1.39. The molecule has 0 aliphatic carbocycles. The minimum absolute atomic E-state index is 0.0934. The third-order valence-electron chi connectivity index (χ3n) is 5.30. The second-order valence-electron chi connectivity index (χ2n) is 7.17. The normalized spacial score (nSPS) is 14.6. The van der Waals surface area contributed by atoms with Crippen LogP contribution in [0, 0.1) is 0 Å². The van der Waals surface area contributed by atoms with Crippen LogP contribution in [0.15, 0.2) is 60.0 Å². The van der Waals surface area contributed by atoms with E-state index in [-0.39, 0.29) is 5.91 Å². The highest BCUT2D eigenvalue weighted by Gasteiger charge is 2.19. The zero-order chi connectivity index (χ0) is 20.8. The Labute approximate surface area is 180 Å². The predicted molar refractivity (Wildman–Crippen MR) is 121 cm³/mol. The van der Waals surface area contributed by atoms with E-state index < -0.39 is 0 Å². The molecule has 0 spiro atoms. The minimum atomic E-state index is -0.0934. The summed E-state index contributed by atoms with van der Waals surface area (Å²) in [5.41, 5.74) is 3.72. The largest absolute Gasteiger partial charge is 0.367 e. The molecule has 0 bridgehead atoms. The van der Waals surface area contributed by atoms with E-state index in [1.807, 2.05) is 42.5 Å². The fourth-order valence-corrected chi connectivity index (χ4v) is 4.26. The van der Waals surface area contributed by atoms with Crippen molar-refractivity contribution >= 4 is 29.0 Å². The van der Waals surface area contributed by atoms with E-state index >= 15 is 0 Å². The average Bonchev–Trinajstić information content (AvgIpc) is 3.32. The maximum Gasteiger partial charge on any atom is 0.255 e. The van der Waals surface area contributed by atoms with Crippen molar-refractivity contribution in [1.29, 1.82) is 0 Å². The molecule has 2 aromatic carbocycles. The lowest BCUT2D eigenvalue weighted by atomic mass is 10.1. The van der Waals surface area contributed by atoms with Gasteiger partial charge in [0.25, 0.3) is 5.91 Å². The molecule has 0 atom stereocenters. The number of aromatic amines is 1. The van der Waals surface area contributed by atoms with Crippen LogP contribution in [0.5, 0.6) is 0 Å². The molecule has 4 rings (SSSR count). The lowest BCUT2D eigenvalue weighted by Gasteiger charge is -2.36. The van der Waals surface area contributed by atoms with E-state index in [1.165, 1.54) is 6.33 Å². The number of benzene rings is 2. The molecule has 1 fully saturated rings. The van der Waals surface area contributed by atoms with Crippen LogP contribution in [-0.4, -0.2) is 58.7 Å². The molecule has 1 aromatic heterocycles. The molecule has 30 heavy (non-hydrogen) atoms. The molecule has 1 amide bonds. The van der Waals surface area contributed by atoms with Crippen LogP contribution in [0.25, 0.3) is 0 Å². The van der Waals surface area contributed by atoms with E-state index in [0.29, 0.717) is 5.56 Å². The number of amides is 1. The predicted octanol–water partition coefficient (Wildman–Crippen LogP) is 3.49. The van der Waals surface area contributed by atoms with Gasteiger partial charge in [-0.25, -0.2) is 4.98 Å². The third kappa shape index (κ3) is 5.01. The lowest BCUT2D eigenvalue weighted by Crippen LogP contribution is -2.46. The van der Waals surface area contributed by atoms with Gasteiger partial charge >= 0.3 is 0 Å². The van der Waals surface area contributed by atoms with Crippen LogP contribution < -0.4 is 10.2 Å². The summed E-state index contributed by atoms with van der Waals surface area (Å²) < 4.78 is 0.